The minimum atomic E-state index is -0.250. The first-order valence-corrected chi connectivity index (χ1v) is 6.68. The van der Waals surface area contributed by atoms with Crippen LogP contribution in [0.4, 0.5) is 0 Å². The van der Waals surface area contributed by atoms with Crippen LogP contribution in [0.25, 0.3) is 0 Å². The Kier molecular flexibility index (Phi) is 8.80. The summed E-state index contributed by atoms with van der Waals surface area (Å²) >= 11 is 0. The van der Waals surface area contributed by atoms with Crippen LogP contribution in [0.15, 0.2) is 18.3 Å². The van der Waals surface area contributed by atoms with Gasteiger partial charge in [0.15, 0.2) is 0 Å². The molecule has 0 radical (unpaired) electrons. The van der Waals surface area contributed by atoms with Gasteiger partial charge in [0.2, 0.25) is 0 Å². The highest BCUT2D eigenvalue weighted by Gasteiger charge is 2.05. The molecule has 0 unspecified atom stereocenters. The van der Waals surface area contributed by atoms with E-state index in [2.05, 4.69) is 22.1 Å². The number of aromatic nitrogens is 1. The van der Waals surface area contributed by atoms with Gasteiger partial charge in [0.05, 0.1) is 26.4 Å². The number of rotatable bonds is 8. The van der Waals surface area contributed by atoms with Crippen LogP contribution in [0.5, 0.6) is 0 Å². The van der Waals surface area contributed by atoms with E-state index in [4.69, 9.17) is 14.6 Å². The second-order valence-electron chi connectivity index (χ2n) is 4.07. The van der Waals surface area contributed by atoms with E-state index in [1.165, 1.54) is 6.20 Å². The van der Waals surface area contributed by atoms with Crippen molar-refractivity contribution in [2.75, 3.05) is 40.1 Å². The summed E-state index contributed by atoms with van der Waals surface area (Å²) in [6, 6.07) is 3.34. The quantitative estimate of drug-likeness (QED) is 0.529. The van der Waals surface area contributed by atoms with E-state index in [-0.39, 0.29) is 12.5 Å². The zero-order valence-corrected chi connectivity index (χ0v) is 12.1. The summed E-state index contributed by atoms with van der Waals surface area (Å²) in [5.74, 6) is 5.39. The molecule has 0 aromatic carbocycles. The number of ether oxygens (including phenoxy) is 2. The van der Waals surface area contributed by atoms with E-state index in [0.717, 1.165) is 0 Å². The molecule has 0 fully saturated rings. The van der Waals surface area contributed by atoms with Gasteiger partial charge in [0.25, 0.3) is 5.91 Å². The van der Waals surface area contributed by atoms with E-state index in [1.54, 1.807) is 19.2 Å². The van der Waals surface area contributed by atoms with E-state index < -0.39 is 0 Å². The molecule has 0 saturated carbocycles. The zero-order valence-electron chi connectivity index (χ0n) is 12.1. The Hall–Kier alpha value is -1.94. The molecule has 1 rings (SSSR count). The lowest BCUT2D eigenvalue weighted by molar-refractivity contribution is 0.0692. The number of aliphatic hydroxyl groups is 1. The molecule has 6 nitrogen and oxygen atoms in total. The fourth-order valence-electron chi connectivity index (χ4n) is 1.39. The number of pyridine rings is 1. The predicted molar refractivity (Wildman–Crippen MR) is 77.8 cm³/mol. The van der Waals surface area contributed by atoms with Gasteiger partial charge >= 0.3 is 0 Å². The van der Waals surface area contributed by atoms with Crippen LogP contribution in [0.3, 0.4) is 0 Å². The van der Waals surface area contributed by atoms with Crippen LogP contribution in [0, 0.1) is 11.8 Å². The third kappa shape index (κ3) is 7.42. The van der Waals surface area contributed by atoms with Crippen LogP contribution in [0.1, 0.15) is 22.5 Å². The number of amides is 1. The highest BCUT2D eigenvalue weighted by Crippen LogP contribution is 1.99. The van der Waals surface area contributed by atoms with Gasteiger partial charge in [-0.15, -0.1) is 0 Å². The second-order valence-corrected chi connectivity index (χ2v) is 4.07. The number of aliphatic hydroxyl groups excluding tert-OH is 1. The second kappa shape index (κ2) is 10.8. The van der Waals surface area contributed by atoms with Gasteiger partial charge in [-0.2, -0.15) is 0 Å². The van der Waals surface area contributed by atoms with Crippen LogP contribution < -0.4 is 5.32 Å². The molecular weight excluding hydrogens is 272 g/mol. The normalized spacial score (nSPS) is 9.81. The summed E-state index contributed by atoms with van der Waals surface area (Å²) in [6.07, 6.45) is 1.96. The molecule has 6 heteroatoms. The van der Waals surface area contributed by atoms with Crippen LogP contribution in [0.2, 0.25) is 0 Å². The molecule has 2 N–H and O–H groups in total. The number of carbonyl (C=O) groups is 1. The number of hydrogen-bond donors (Lipinski definition) is 2. The molecule has 1 amide bonds. The Bertz CT molecular complexity index is 477. The summed E-state index contributed by atoms with van der Waals surface area (Å²) in [5, 5.41) is 11.3. The smallest absolute Gasteiger partial charge is 0.269 e. The Morgan fingerprint density at radius 3 is 2.90 bits per heavy atom. The Labute approximate surface area is 124 Å². The lowest BCUT2D eigenvalue weighted by Crippen LogP contribution is -2.28. The average Bonchev–Trinajstić information content (AvgIpc) is 2.51. The summed E-state index contributed by atoms with van der Waals surface area (Å²) in [7, 11) is 1.61. The van der Waals surface area contributed by atoms with Crippen LogP contribution in [-0.2, 0) is 9.47 Å². The maximum atomic E-state index is 11.8. The molecule has 1 aromatic rings. The zero-order chi connectivity index (χ0) is 15.3. The van der Waals surface area contributed by atoms with Crippen molar-refractivity contribution in [3.8, 4) is 11.8 Å². The van der Waals surface area contributed by atoms with Gasteiger partial charge in [-0.25, -0.2) is 4.98 Å². The van der Waals surface area contributed by atoms with Gasteiger partial charge in [-0.1, -0.05) is 11.8 Å². The Morgan fingerprint density at radius 1 is 1.38 bits per heavy atom. The van der Waals surface area contributed by atoms with Crippen molar-refractivity contribution in [2.45, 2.75) is 6.42 Å². The van der Waals surface area contributed by atoms with Crippen molar-refractivity contribution >= 4 is 5.91 Å². The van der Waals surface area contributed by atoms with E-state index >= 15 is 0 Å². The molecule has 1 aromatic heterocycles. The van der Waals surface area contributed by atoms with Crippen molar-refractivity contribution in [1.82, 2.24) is 10.3 Å². The molecule has 0 aliphatic carbocycles. The fourth-order valence-corrected chi connectivity index (χ4v) is 1.39. The fraction of sp³-hybridized carbons (Fsp3) is 0.467. The SMILES string of the molecule is COCCOCCNC(=O)c1ccc(C#CCCO)cn1. The van der Waals surface area contributed by atoms with E-state index in [9.17, 15) is 4.79 Å². The first kappa shape index (κ1) is 17.1. The summed E-state index contributed by atoms with van der Waals surface area (Å²) in [4.78, 5) is 15.8. The first-order valence-electron chi connectivity index (χ1n) is 6.68. The van der Waals surface area contributed by atoms with Crippen LogP contribution in [-0.4, -0.2) is 56.1 Å². The highest BCUT2D eigenvalue weighted by molar-refractivity contribution is 5.92. The molecule has 0 spiro atoms. The number of methoxy groups -OCH3 is 1. The first-order chi connectivity index (χ1) is 10.3. The number of nitrogens with one attached hydrogen (secondary N) is 1. The molecule has 21 heavy (non-hydrogen) atoms. The van der Waals surface area contributed by atoms with E-state index in [1.807, 2.05) is 0 Å². The lowest BCUT2D eigenvalue weighted by atomic mass is 10.2. The standard InChI is InChI=1S/C15H20N2O4/c1-20-10-11-21-9-7-16-15(19)14-6-5-13(12-17-14)4-2-3-8-18/h5-6,12,18H,3,7-11H2,1H3,(H,16,19). The number of hydrogen-bond acceptors (Lipinski definition) is 5. The Morgan fingerprint density at radius 2 is 2.24 bits per heavy atom. The lowest BCUT2D eigenvalue weighted by Gasteiger charge is -2.05. The highest BCUT2D eigenvalue weighted by atomic mass is 16.5. The molecule has 1 heterocycles. The maximum absolute atomic E-state index is 11.8. The van der Waals surface area contributed by atoms with Crippen molar-refractivity contribution in [1.29, 1.82) is 0 Å². The van der Waals surface area contributed by atoms with Crippen molar-refractivity contribution in [2.24, 2.45) is 0 Å². The topological polar surface area (TPSA) is 80.7 Å². The van der Waals surface area contributed by atoms with Gasteiger partial charge in [0.1, 0.15) is 5.69 Å². The van der Waals surface area contributed by atoms with Crippen molar-refractivity contribution < 1.29 is 19.4 Å². The van der Waals surface area contributed by atoms with E-state index in [0.29, 0.717) is 44.0 Å². The molecular formula is C15H20N2O4. The predicted octanol–water partition coefficient (Wildman–Crippen LogP) is 0.208. The molecule has 0 aliphatic rings. The molecule has 0 aliphatic heterocycles. The monoisotopic (exact) mass is 292 g/mol. The molecule has 0 saturated heterocycles. The van der Waals surface area contributed by atoms with Gasteiger partial charge in [-0.3, -0.25) is 4.79 Å². The van der Waals surface area contributed by atoms with Crippen molar-refractivity contribution in [3.63, 3.8) is 0 Å². The third-order valence-electron chi connectivity index (χ3n) is 2.43. The minimum Gasteiger partial charge on any atom is -0.395 e. The van der Waals surface area contributed by atoms with Gasteiger partial charge < -0.3 is 19.9 Å². The van der Waals surface area contributed by atoms with Gasteiger partial charge in [-0.05, 0) is 12.1 Å². The molecule has 0 bridgehead atoms. The largest absolute Gasteiger partial charge is 0.395 e. The van der Waals surface area contributed by atoms with Gasteiger partial charge in [0, 0.05) is 31.8 Å². The minimum absolute atomic E-state index is 0.0351. The molecule has 0 atom stereocenters. The molecule has 114 valence electrons. The third-order valence-corrected chi connectivity index (χ3v) is 2.43. The summed E-state index contributed by atoms with van der Waals surface area (Å²) in [6.45, 7) is 1.93. The number of nitrogens with zero attached hydrogens (tertiary/aromatic N) is 1. The average molecular weight is 292 g/mol. The summed E-state index contributed by atoms with van der Waals surface area (Å²) in [5.41, 5.74) is 1.04. The van der Waals surface area contributed by atoms with Crippen LogP contribution >= 0.6 is 0 Å². The number of carbonyl (C=O) groups excluding carboxylic acids is 1. The Balaban J connectivity index is 2.33. The van der Waals surface area contributed by atoms with Crippen molar-refractivity contribution in [3.05, 3.63) is 29.6 Å². The summed E-state index contributed by atoms with van der Waals surface area (Å²) < 4.78 is 10.1. The maximum Gasteiger partial charge on any atom is 0.269 e.